The van der Waals surface area contributed by atoms with Crippen LogP contribution in [-0.2, 0) is 11.8 Å². The smallest absolute Gasteiger partial charge is 0.297 e. The van der Waals surface area contributed by atoms with Gasteiger partial charge in [0.15, 0.2) is 5.69 Å². The van der Waals surface area contributed by atoms with Gasteiger partial charge < -0.3 is 0 Å². The molecule has 0 saturated carbocycles. The number of para-hydroxylation sites is 1. The zero-order valence-electron chi connectivity index (χ0n) is 14.2. The molecule has 3 aromatic rings. The van der Waals surface area contributed by atoms with Gasteiger partial charge in [0.1, 0.15) is 5.78 Å². The minimum Gasteiger partial charge on any atom is -0.299 e. The fraction of sp³-hybridized carbons (Fsp3) is 0.312. The Morgan fingerprint density at radius 1 is 1.24 bits per heavy atom. The topological polar surface area (TPSA) is 87.6 Å². The van der Waals surface area contributed by atoms with E-state index in [0.717, 1.165) is 11.4 Å². The van der Waals surface area contributed by atoms with Crippen LogP contribution in [0.4, 0.5) is 0 Å². The highest BCUT2D eigenvalue weighted by molar-refractivity contribution is 7.99. The largest absolute Gasteiger partial charge is 0.299 e. The van der Waals surface area contributed by atoms with E-state index in [-0.39, 0.29) is 17.1 Å². The monoisotopic (exact) mass is 358 g/mol. The molecule has 25 heavy (non-hydrogen) atoms. The Hall–Kier alpha value is -2.68. The summed E-state index contributed by atoms with van der Waals surface area (Å²) in [6.07, 6.45) is 0.458. The van der Waals surface area contributed by atoms with Crippen molar-refractivity contribution in [2.24, 2.45) is 7.05 Å². The summed E-state index contributed by atoms with van der Waals surface area (Å²) in [4.78, 5) is 24.6. The fourth-order valence-corrected chi connectivity index (χ4v) is 3.29. The molecule has 0 atom stereocenters. The van der Waals surface area contributed by atoms with Gasteiger partial charge in [0, 0.05) is 13.5 Å². The minimum absolute atomic E-state index is 0.103. The molecule has 3 rings (SSSR count). The van der Waals surface area contributed by atoms with E-state index in [1.807, 2.05) is 51.2 Å². The summed E-state index contributed by atoms with van der Waals surface area (Å²) in [5, 5.41) is 12.0. The third-order valence-electron chi connectivity index (χ3n) is 3.93. The number of thioether (sulfide) groups is 1. The summed E-state index contributed by atoms with van der Waals surface area (Å²) >= 11 is 1.23. The predicted octanol–water partition coefficient (Wildman–Crippen LogP) is 1.53. The first-order valence-corrected chi connectivity index (χ1v) is 8.80. The van der Waals surface area contributed by atoms with Crippen molar-refractivity contribution in [2.45, 2.75) is 25.4 Å². The molecule has 0 spiro atoms. The number of carbonyl (C=O) groups excluding carboxylic acids is 1. The molecule has 9 heteroatoms. The molecule has 0 aliphatic carbocycles. The number of aromatic nitrogens is 6. The summed E-state index contributed by atoms with van der Waals surface area (Å²) in [6, 6.07) is 9.36. The van der Waals surface area contributed by atoms with Gasteiger partial charge in [-0.05, 0) is 29.5 Å². The van der Waals surface area contributed by atoms with Crippen LogP contribution in [0.3, 0.4) is 0 Å². The standard InChI is InChI=1S/C16H18N6O2S/c1-4-13(23)10-25-16-17-18-19-21(16)14-11(2)20(3)22(15(14)24)12-8-6-5-7-9-12/h5-9H,4,10H2,1-3H3. The lowest BCUT2D eigenvalue weighted by Crippen LogP contribution is -2.22. The predicted molar refractivity (Wildman–Crippen MR) is 94.5 cm³/mol. The average molecular weight is 358 g/mol. The normalized spacial score (nSPS) is 11.0. The SMILES string of the molecule is CCC(=O)CSc1nnnn1-c1c(C)n(C)n(-c2ccccc2)c1=O. The molecule has 0 aliphatic heterocycles. The lowest BCUT2D eigenvalue weighted by Gasteiger charge is -2.07. The maximum Gasteiger partial charge on any atom is 0.297 e. The lowest BCUT2D eigenvalue weighted by atomic mass is 10.3. The van der Waals surface area contributed by atoms with Crippen LogP contribution in [0, 0.1) is 6.92 Å². The molecule has 0 radical (unpaired) electrons. The van der Waals surface area contributed by atoms with E-state index in [9.17, 15) is 9.59 Å². The number of tetrazole rings is 1. The molecule has 0 amide bonds. The highest BCUT2D eigenvalue weighted by atomic mass is 32.2. The second-order valence-electron chi connectivity index (χ2n) is 5.46. The Morgan fingerprint density at radius 3 is 2.64 bits per heavy atom. The van der Waals surface area contributed by atoms with Gasteiger partial charge in [-0.3, -0.25) is 14.3 Å². The highest BCUT2D eigenvalue weighted by Crippen LogP contribution is 2.20. The number of hydrogen-bond acceptors (Lipinski definition) is 6. The summed E-state index contributed by atoms with van der Waals surface area (Å²) in [5.41, 5.74) is 1.64. The number of benzene rings is 1. The van der Waals surface area contributed by atoms with E-state index in [1.54, 1.807) is 9.36 Å². The molecule has 0 aliphatic rings. The molecule has 0 N–H and O–H groups in total. The van der Waals surface area contributed by atoms with Gasteiger partial charge in [-0.15, -0.1) is 5.10 Å². The van der Waals surface area contributed by atoms with Gasteiger partial charge in [-0.2, -0.15) is 4.68 Å². The van der Waals surface area contributed by atoms with Gasteiger partial charge in [0.25, 0.3) is 5.56 Å². The molecular formula is C16H18N6O2S. The minimum atomic E-state index is -0.220. The molecule has 0 bridgehead atoms. The van der Waals surface area contributed by atoms with Crippen molar-refractivity contribution in [3.63, 3.8) is 0 Å². The third-order valence-corrected chi connectivity index (χ3v) is 4.91. The number of nitrogens with zero attached hydrogens (tertiary/aromatic N) is 6. The van der Waals surface area contributed by atoms with E-state index in [0.29, 0.717) is 17.3 Å². The van der Waals surface area contributed by atoms with Crippen LogP contribution in [0.25, 0.3) is 11.4 Å². The van der Waals surface area contributed by atoms with E-state index in [1.165, 1.54) is 16.4 Å². The number of rotatable bonds is 6. The molecule has 0 unspecified atom stereocenters. The third kappa shape index (κ3) is 3.14. The Labute approximate surface area is 148 Å². The van der Waals surface area contributed by atoms with Crippen molar-refractivity contribution in [3.8, 4) is 11.4 Å². The Bertz CT molecular complexity index is 957. The number of Topliss-reactive ketones (excluding diaryl/α,β-unsaturated/α-hetero) is 1. The molecule has 0 saturated heterocycles. The molecule has 2 aromatic heterocycles. The average Bonchev–Trinajstić information content (AvgIpc) is 3.16. The molecule has 2 heterocycles. The lowest BCUT2D eigenvalue weighted by molar-refractivity contribution is -0.116. The Morgan fingerprint density at radius 2 is 1.96 bits per heavy atom. The van der Waals surface area contributed by atoms with Crippen LogP contribution in [0.2, 0.25) is 0 Å². The molecule has 8 nitrogen and oxygen atoms in total. The summed E-state index contributed by atoms with van der Waals surface area (Å²) in [7, 11) is 1.81. The van der Waals surface area contributed by atoms with E-state index < -0.39 is 0 Å². The van der Waals surface area contributed by atoms with Gasteiger partial charge in [0.2, 0.25) is 5.16 Å². The van der Waals surface area contributed by atoms with Crippen LogP contribution < -0.4 is 5.56 Å². The van der Waals surface area contributed by atoms with Crippen LogP contribution in [0.1, 0.15) is 19.0 Å². The van der Waals surface area contributed by atoms with E-state index in [4.69, 9.17) is 0 Å². The zero-order chi connectivity index (χ0) is 18.0. The van der Waals surface area contributed by atoms with E-state index >= 15 is 0 Å². The van der Waals surface area contributed by atoms with Gasteiger partial charge in [0.05, 0.1) is 17.1 Å². The second kappa shape index (κ2) is 7.06. The first kappa shape index (κ1) is 17.2. The second-order valence-corrected chi connectivity index (χ2v) is 6.41. The number of ketones is 1. The maximum absolute atomic E-state index is 13.0. The number of carbonyl (C=O) groups is 1. The van der Waals surface area contributed by atoms with Gasteiger partial charge in [-0.25, -0.2) is 4.68 Å². The zero-order valence-corrected chi connectivity index (χ0v) is 15.0. The Kier molecular flexibility index (Phi) is 4.84. The van der Waals surface area contributed by atoms with Crippen molar-refractivity contribution in [1.82, 2.24) is 29.6 Å². The van der Waals surface area contributed by atoms with Crippen LogP contribution >= 0.6 is 11.8 Å². The quantitative estimate of drug-likeness (QED) is 0.621. The van der Waals surface area contributed by atoms with Crippen molar-refractivity contribution in [2.75, 3.05) is 5.75 Å². The van der Waals surface area contributed by atoms with E-state index in [2.05, 4.69) is 15.5 Å². The van der Waals surface area contributed by atoms with Crippen molar-refractivity contribution < 1.29 is 4.79 Å². The van der Waals surface area contributed by atoms with Crippen molar-refractivity contribution in [1.29, 1.82) is 0 Å². The van der Waals surface area contributed by atoms with Gasteiger partial charge in [-0.1, -0.05) is 36.9 Å². The van der Waals surface area contributed by atoms with Crippen molar-refractivity contribution >= 4 is 17.5 Å². The van der Waals surface area contributed by atoms with Crippen LogP contribution in [0.15, 0.2) is 40.3 Å². The molecular weight excluding hydrogens is 340 g/mol. The highest BCUT2D eigenvalue weighted by Gasteiger charge is 2.22. The summed E-state index contributed by atoms with van der Waals surface area (Å²) in [6.45, 7) is 3.65. The molecule has 1 aromatic carbocycles. The fourth-order valence-electron chi connectivity index (χ4n) is 2.45. The first-order valence-electron chi connectivity index (χ1n) is 7.81. The van der Waals surface area contributed by atoms with Crippen LogP contribution in [-0.4, -0.2) is 41.1 Å². The van der Waals surface area contributed by atoms with Crippen molar-refractivity contribution in [3.05, 3.63) is 46.4 Å². The number of hydrogen-bond donors (Lipinski definition) is 0. The summed E-state index contributed by atoms with van der Waals surface area (Å²) in [5.74, 6) is 0.376. The van der Waals surface area contributed by atoms with Gasteiger partial charge >= 0.3 is 0 Å². The summed E-state index contributed by atoms with van der Waals surface area (Å²) < 4.78 is 4.74. The Balaban J connectivity index is 2.07. The molecule has 0 fully saturated rings. The molecule has 130 valence electrons. The first-order chi connectivity index (χ1) is 12.0. The van der Waals surface area contributed by atoms with Crippen LogP contribution in [0.5, 0.6) is 0 Å². The maximum atomic E-state index is 13.0.